The normalized spacial score (nSPS) is 13.3. The quantitative estimate of drug-likeness (QED) is 0.626. The van der Waals surface area contributed by atoms with E-state index in [0.29, 0.717) is 5.41 Å². The number of hydrogen-bond donors (Lipinski definition) is 0. The van der Waals surface area contributed by atoms with Crippen LogP contribution in [0.2, 0.25) is 0 Å². The largest absolute Gasteiger partial charge is 0.378 e. The second kappa shape index (κ2) is 4.54. The molecule has 0 saturated heterocycles. The van der Waals surface area contributed by atoms with Gasteiger partial charge in [-0.2, -0.15) is 0 Å². The van der Waals surface area contributed by atoms with Crippen LogP contribution in [-0.4, -0.2) is 18.0 Å². The Morgan fingerprint density at radius 2 is 1.58 bits per heavy atom. The Morgan fingerprint density at radius 1 is 1.17 bits per heavy atom. The zero-order valence-electron chi connectivity index (χ0n) is 9.44. The van der Waals surface area contributed by atoms with Crippen molar-refractivity contribution >= 4 is 0 Å². The Balaban J connectivity index is 4.33. The molecule has 0 saturated carbocycles. The Labute approximate surface area is 77.5 Å². The minimum absolute atomic E-state index is 0.308. The van der Waals surface area contributed by atoms with E-state index in [2.05, 4.69) is 52.6 Å². The summed E-state index contributed by atoms with van der Waals surface area (Å²) in [7, 11) is 0. The van der Waals surface area contributed by atoms with Gasteiger partial charge in [-0.05, 0) is 32.4 Å². The molecule has 0 radical (unpaired) electrons. The molecule has 0 atom stereocenters. The van der Waals surface area contributed by atoms with Crippen LogP contribution in [0.15, 0.2) is 11.8 Å². The van der Waals surface area contributed by atoms with Gasteiger partial charge in [0.05, 0.1) is 0 Å². The van der Waals surface area contributed by atoms with Crippen LogP contribution < -0.4 is 0 Å². The van der Waals surface area contributed by atoms with E-state index in [-0.39, 0.29) is 0 Å². The van der Waals surface area contributed by atoms with Crippen molar-refractivity contribution in [2.75, 3.05) is 13.1 Å². The maximum Gasteiger partial charge on any atom is 0.0143 e. The first-order valence-corrected chi connectivity index (χ1v) is 4.84. The predicted octanol–water partition coefficient (Wildman–Crippen LogP) is 3.28. The average molecular weight is 169 g/mol. The Bertz CT molecular complexity index is 147. The summed E-state index contributed by atoms with van der Waals surface area (Å²) in [5.41, 5.74) is 1.76. The van der Waals surface area contributed by atoms with Crippen molar-refractivity contribution in [1.29, 1.82) is 0 Å². The fourth-order valence-electron chi connectivity index (χ4n) is 0.874. The van der Waals surface area contributed by atoms with Gasteiger partial charge in [-0.1, -0.05) is 26.3 Å². The van der Waals surface area contributed by atoms with Crippen molar-refractivity contribution < 1.29 is 0 Å². The van der Waals surface area contributed by atoms with Gasteiger partial charge in [-0.15, -0.1) is 0 Å². The molecule has 0 amide bonds. The van der Waals surface area contributed by atoms with E-state index < -0.39 is 0 Å². The maximum atomic E-state index is 2.33. The highest BCUT2D eigenvalue weighted by atomic mass is 15.1. The fourth-order valence-corrected chi connectivity index (χ4v) is 0.874. The molecule has 12 heavy (non-hydrogen) atoms. The second-order valence-corrected chi connectivity index (χ2v) is 4.28. The molecule has 0 aromatic rings. The maximum absolute atomic E-state index is 2.33. The van der Waals surface area contributed by atoms with Crippen molar-refractivity contribution in [3.8, 4) is 0 Å². The van der Waals surface area contributed by atoms with Crippen LogP contribution in [0.25, 0.3) is 0 Å². The third-order valence-electron chi connectivity index (χ3n) is 2.37. The average Bonchev–Trinajstić information content (AvgIpc) is 1.97. The highest BCUT2D eigenvalue weighted by molar-refractivity contribution is 5.06. The van der Waals surface area contributed by atoms with Crippen LogP contribution in [0.1, 0.15) is 41.5 Å². The zero-order valence-corrected chi connectivity index (χ0v) is 9.44. The van der Waals surface area contributed by atoms with Crippen LogP contribution in [0.5, 0.6) is 0 Å². The molecule has 0 aliphatic rings. The third-order valence-corrected chi connectivity index (χ3v) is 2.37. The first kappa shape index (κ1) is 11.5. The van der Waals surface area contributed by atoms with E-state index in [1.54, 1.807) is 0 Å². The summed E-state index contributed by atoms with van der Waals surface area (Å²) in [4.78, 5) is 2.33. The molecule has 0 aromatic carbocycles. The number of hydrogen-bond acceptors (Lipinski definition) is 1. The minimum atomic E-state index is 0.308. The van der Waals surface area contributed by atoms with E-state index in [1.807, 2.05) is 0 Å². The second-order valence-electron chi connectivity index (χ2n) is 4.28. The lowest BCUT2D eigenvalue weighted by Gasteiger charge is -2.24. The molecule has 0 aliphatic heterocycles. The van der Waals surface area contributed by atoms with E-state index in [0.717, 1.165) is 13.1 Å². The van der Waals surface area contributed by atoms with Crippen molar-refractivity contribution in [2.45, 2.75) is 41.5 Å². The predicted molar refractivity (Wildman–Crippen MR) is 56.1 cm³/mol. The minimum Gasteiger partial charge on any atom is -0.378 e. The van der Waals surface area contributed by atoms with Gasteiger partial charge in [0.15, 0.2) is 0 Å². The van der Waals surface area contributed by atoms with E-state index in [1.165, 1.54) is 5.57 Å². The summed E-state index contributed by atoms with van der Waals surface area (Å²) in [6.45, 7) is 15.5. The molecule has 0 fully saturated rings. The molecular formula is C11H23N. The topological polar surface area (TPSA) is 3.24 Å². The fraction of sp³-hybridized carbons (Fsp3) is 0.818. The van der Waals surface area contributed by atoms with Gasteiger partial charge in [0.2, 0.25) is 0 Å². The summed E-state index contributed by atoms with van der Waals surface area (Å²) in [6.07, 6.45) is 2.28. The lowest BCUT2D eigenvalue weighted by Crippen LogP contribution is -2.19. The van der Waals surface area contributed by atoms with Crippen molar-refractivity contribution in [1.82, 2.24) is 4.90 Å². The van der Waals surface area contributed by atoms with Crippen LogP contribution in [0, 0.1) is 5.41 Å². The van der Waals surface area contributed by atoms with Gasteiger partial charge in [0.1, 0.15) is 0 Å². The summed E-state index contributed by atoms with van der Waals surface area (Å²) in [6, 6.07) is 0. The molecular weight excluding hydrogens is 146 g/mol. The standard InChI is InChI=1S/C11H23N/c1-7-12(8-2)9-10(3)11(4,5)6/h9H,7-8H2,1-6H3. The molecule has 0 aromatic heterocycles. The van der Waals surface area contributed by atoms with Gasteiger partial charge >= 0.3 is 0 Å². The molecule has 0 aliphatic carbocycles. The van der Waals surface area contributed by atoms with Crippen LogP contribution >= 0.6 is 0 Å². The molecule has 0 rings (SSSR count). The van der Waals surface area contributed by atoms with Crippen LogP contribution in [0.3, 0.4) is 0 Å². The summed E-state index contributed by atoms with van der Waals surface area (Å²) in [5, 5.41) is 0. The SMILES string of the molecule is CCN(C=C(C)C(C)(C)C)CC. The molecule has 1 heteroatoms. The molecule has 72 valence electrons. The first-order valence-electron chi connectivity index (χ1n) is 4.84. The lowest BCUT2D eigenvalue weighted by atomic mass is 9.88. The monoisotopic (exact) mass is 169 g/mol. The van der Waals surface area contributed by atoms with Gasteiger partial charge < -0.3 is 4.90 Å². The lowest BCUT2D eigenvalue weighted by molar-refractivity contribution is 0.397. The molecule has 0 N–H and O–H groups in total. The van der Waals surface area contributed by atoms with Crippen molar-refractivity contribution in [3.05, 3.63) is 11.8 Å². The van der Waals surface area contributed by atoms with Crippen molar-refractivity contribution in [3.63, 3.8) is 0 Å². The Kier molecular flexibility index (Phi) is 4.36. The number of allylic oxidation sites excluding steroid dienone is 1. The molecule has 0 bridgehead atoms. The molecule has 0 spiro atoms. The van der Waals surface area contributed by atoms with Crippen LogP contribution in [-0.2, 0) is 0 Å². The molecule has 0 unspecified atom stereocenters. The zero-order chi connectivity index (χ0) is 9.78. The number of rotatable bonds is 3. The smallest absolute Gasteiger partial charge is 0.0143 e. The van der Waals surface area contributed by atoms with Crippen molar-refractivity contribution in [2.24, 2.45) is 5.41 Å². The number of nitrogens with zero attached hydrogens (tertiary/aromatic N) is 1. The van der Waals surface area contributed by atoms with E-state index in [9.17, 15) is 0 Å². The summed E-state index contributed by atoms with van der Waals surface area (Å²) in [5.74, 6) is 0. The Morgan fingerprint density at radius 3 is 1.83 bits per heavy atom. The van der Waals surface area contributed by atoms with Crippen LogP contribution in [0.4, 0.5) is 0 Å². The highest BCUT2D eigenvalue weighted by Gasteiger charge is 2.12. The third kappa shape index (κ3) is 3.80. The summed E-state index contributed by atoms with van der Waals surface area (Å²) < 4.78 is 0. The van der Waals surface area contributed by atoms with Gasteiger partial charge in [0.25, 0.3) is 0 Å². The molecule has 0 heterocycles. The molecule has 1 nitrogen and oxygen atoms in total. The first-order chi connectivity index (χ1) is 5.41. The van der Waals surface area contributed by atoms with Gasteiger partial charge in [-0.3, -0.25) is 0 Å². The van der Waals surface area contributed by atoms with E-state index in [4.69, 9.17) is 0 Å². The Hall–Kier alpha value is -0.460. The van der Waals surface area contributed by atoms with E-state index >= 15 is 0 Å². The van der Waals surface area contributed by atoms with Gasteiger partial charge in [0, 0.05) is 13.1 Å². The highest BCUT2D eigenvalue weighted by Crippen LogP contribution is 2.24. The van der Waals surface area contributed by atoms with Gasteiger partial charge in [-0.25, -0.2) is 0 Å². The summed E-state index contributed by atoms with van der Waals surface area (Å²) >= 11 is 0.